The first-order chi connectivity index (χ1) is 6.74. The van der Waals surface area contributed by atoms with Gasteiger partial charge in [0, 0.05) is 5.56 Å². The van der Waals surface area contributed by atoms with Crippen molar-refractivity contribution < 1.29 is 13.9 Å². The lowest BCUT2D eigenvalue weighted by atomic mass is 10.1. The Morgan fingerprint density at radius 3 is 2.36 bits per heavy atom. The third-order valence-electron chi connectivity index (χ3n) is 1.86. The highest BCUT2D eigenvalue weighted by Crippen LogP contribution is 2.28. The van der Waals surface area contributed by atoms with Gasteiger partial charge in [-0.15, -0.1) is 0 Å². The molecule has 0 saturated heterocycles. The molecule has 14 heavy (non-hydrogen) atoms. The summed E-state index contributed by atoms with van der Waals surface area (Å²) in [4.78, 5) is 0. The maximum atomic E-state index is 13.6. The van der Waals surface area contributed by atoms with Gasteiger partial charge in [0.15, 0.2) is 11.6 Å². The minimum Gasteiger partial charge on any atom is -0.496 e. The number of methoxy groups -OCH3 is 2. The third kappa shape index (κ3) is 1.77. The molecule has 0 unspecified atom stereocenters. The second-order valence-electron chi connectivity index (χ2n) is 2.60. The number of rotatable bonds is 3. The van der Waals surface area contributed by atoms with E-state index in [2.05, 4.69) is 0 Å². The fraction of sp³-hybridized carbons (Fsp3) is 0.300. The average Bonchev–Trinajstić information content (AvgIpc) is 2.21. The van der Waals surface area contributed by atoms with E-state index in [-0.39, 0.29) is 17.7 Å². The van der Waals surface area contributed by atoms with Crippen LogP contribution in [0.25, 0.3) is 0 Å². The molecule has 1 aromatic carbocycles. The molecule has 1 aromatic rings. The molecule has 0 saturated carbocycles. The molecule has 0 bridgehead atoms. The second kappa shape index (κ2) is 4.47. The number of hydrogen-bond acceptors (Lipinski definition) is 3. The molecule has 0 N–H and O–H groups in total. The Morgan fingerprint density at radius 1 is 1.29 bits per heavy atom. The fourth-order valence-electron chi connectivity index (χ4n) is 1.17. The number of benzene rings is 1. The number of halogens is 1. The smallest absolute Gasteiger partial charge is 0.172 e. The lowest BCUT2D eigenvalue weighted by molar-refractivity contribution is 0.373. The Balaban J connectivity index is 3.25. The van der Waals surface area contributed by atoms with Crippen LogP contribution in [0.3, 0.4) is 0 Å². The lowest BCUT2D eigenvalue weighted by Crippen LogP contribution is -1.98. The van der Waals surface area contributed by atoms with Crippen molar-refractivity contribution in [2.24, 2.45) is 0 Å². The van der Waals surface area contributed by atoms with Gasteiger partial charge in [-0.25, -0.2) is 4.39 Å². The topological polar surface area (TPSA) is 42.2 Å². The first kappa shape index (κ1) is 10.3. The SMILES string of the molecule is COc1ccc(OC)c(CC#N)c1F. The predicted octanol–water partition coefficient (Wildman–Crippen LogP) is 1.91. The summed E-state index contributed by atoms with van der Waals surface area (Å²) in [5, 5.41) is 8.51. The molecule has 4 heteroatoms. The van der Waals surface area contributed by atoms with Gasteiger partial charge in [0.25, 0.3) is 0 Å². The number of ether oxygens (including phenoxy) is 2. The number of nitrogens with zero attached hydrogens (tertiary/aromatic N) is 1. The molecule has 0 heterocycles. The molecule has 3 nitrogen and oxygen atoms in total. The third-order valence-corrected chi connectivity index (χ3v) is 1.86. The van der Waals surface area contributed by atoms with E-state index in [9.17, 15) is 4.39 Å². The van der Waals surface area contributed by atoms with Crippen molar-refractivity contribution in [2.75, 3.05) is 14.2 Å². The molecule has 0 atom stereocenters. The first-order valence-electron chi connectivity index (χ1n) is 4.01. The van der Waals surface area contributed by atoms with Crippen LogP contribution in [-0.4, -0.2) is 14.2 Å². The van der Waals surface area contributed by atoms with E-state index in [1.165, 1.54) is 20.3 Å². The zero-order valence-corrected chi connectivity index (χ0v) is 8.00. The minimum atomic E-state index is -0.534. The maximum Gasteiger partial charge on any atom is 0.172 e. The molecule has 0 amide bonds. The van der Waals surface area contributed by atoms with Gasteiger partial charge in [0.05, 0.1) is 26.7 Å². The van der Waals surface area contributed by atoms with Crippen molar-refractivity contribution in [3.05, 3.63) is 23.5 Å². The van der Waals surface area contributed by atoms with Gasteiger partial charge in [-0.3, -0.25) is 0 Å². The van der Waals surface area contributed by atoms with Crippen LogP contribution in [0.15, 0.2) is 12.1 Å². The predicted molar refractivity (Wildman–Crippen MR) is 48.8 cm³/mol. The zero-order valence-electron chi connectivity index (χ0n) is 8.00. The van der Waals surface area contributed by atoms with Crippen LogP contribution >= 0.6 is 0 Å². The Hall–Kier alpha value is -1.76. The van der Waals surface area contributed by atoms with Crippen LogP contribution in [0.1, 0.15) is 5.56 Å². The molecule has 0 aliphatic carbocycles. The normalized spacial score (nSPS) is 9.29. The first-order valence-corrected chi connectivity index (χ1v) is 4.01. The minimum absolute atomic E-state index is 0.0355. The molecular formula is C10H10FNO2. The quantitative estimate of drug-likeness (QED) is 0.739. The summed E-state index contributed by atoms with van der Waals surface area (Å²) in [6.45, 7) is 0. The molecule has 0 aromatic heterocycles. The van der Waals surface area contributed by atoms with Gasteiger partial charge in [-0.05, 0) is 12.1 Å². The summed E-state index contributed by atoms with van der Waals surface area (Å²) >= 11 is 0. The van der Waals surface area contributed by atoms with Gasteiger partial charge in [-0.2, -0.15) is 5.26 Å². The average molecular weight is 195 g/mol. The second-order valence-corrected chi connectivity index (χ2v) is 2.60. The monoisotopic (exact) mass is 195 g/mol. The van der Waals surface area contributed by atoms with E-state index in [4.69, 9.17) is 14.7 Å². The summed E-state index contributed by atoms with van der Waals surface area (Å²) in [5.74, 6) is -0.0469. The van der Waals surface area contributed by atoms with Crippen molar-refractivity contribution >= 4 is 0 Å². The van der Waals surface area contributed by atoms with E-state index in [1.807, 2.05) is 6.07 Å². The Bertz CT molecular complexity index is 371. The summed E-state index contributed by atoms with van der Waals surface area (Å²) in [6, 6.07) is 4.92. The van der Waals surface area contributed by atoms with Crippen LogP contribution in [0.4, 0.5) is 4.39 Å². The van der Waals surface area contributed by atoms with Crippen molar-refractivity contribution in [3.63, 3.8) is 0 Å². The molecular weight excluding hydrogens is 185 g/mol. The summed E-state index contributed by atoms with van der Waals surface area (Å²) < 4.78 is 23.3. The highest BCUT2D eigenvalue weighted by atomic mass is 19.1. The van der Waals surface area contributed by atoms with Crippen LogP contribution < -0.4 is 9.47 Å². The van der Waals surface area contributed by atoms with Crippen LogP contribution in [0.5, 0.6) is 11.5 Å². The molecule has 0 aliphatic rings. The van der Waals surface area contributed by atoms with Crippen LogP contribution in [-0.2, 0) is 6.42 Å². The zero-order chi connectivity index (χ0) is 10.6. The van der Waals surface area contributed by atoms with Gasteiger partial charge >= 0.3 is 0 Å². The summed E-state index contributed by atoms with van der Waals surface area (Å²) in [7, 11) is 2.81. The number of nitriles is 1. The fourth-order valence-corrected chi connectivity index (χ4v) is 1.17. The van der Waals surface area contributed by atoms with E-state index >= 15 is 0 Å². The standard InChI is InChI=1S/C10H10FNO2/c1-13-8-3-4-9(14-2)10(11)7(8)5-6-12/h3-4H,5H2,1-2H3. The highest BCUT2D eigenvalue weighted by molar-refractivity contribution is 5.43. The molecule has 0 spiro atoms. The van der Waals surface area contributed by atoms with Crippen LogP contribution in [0, 0.1) is 17.1 Å². The van der Waals surface area contributed by atoms with E-state index in [0.29, 0.717) is 5.75 Å². The lowest BCUT2D eigenvalue weighted by Gasteiger charge is -2.09. The van der Waals surface area contributed by atoms with Crippen molar-refractivity contribution in [2.45, 2.75) is 6.42 Å². The largest absolute Gasteiger partial charge is 0.496 e. The molecule has 0 fully saturated rings. The van der Waals surface area contributed by atoms with Crippen molar-refractivity contribution in [1.29, 1.82) is 5.26 Å². The van der Waals surface area contributed by atoms with E-state index in [0.717, 1.165) is 0 Å². The van der Waals surface area contributed by atoms with Gasteiger partial charge in [0.2, 0.25) is 0 Å². The summed E-state index contributed by atoms with van der Waals surface area (Å²) in [5.41, 5.74) is 0.231. The molecule has 74 valence electrons. The molecule has 0 aliphatic heterocycles. The Labute approximate surface area is 81.7 Å². The van der Waals surface area contributed by atoms with Gasteiger partial charge in [0.1, 0.15) is 5.75 Å². The van der Waals surface area contributed by atoms with Crippen LogP contribution in [0.2, 0.25) is 0 Å². The Morgan fingerprint density at radius 2 is 1.86 bits per heavy atom. The maximum absolute atomic E-state index is 13.6. The highest BCUT2D eigenvalue weighted by Gasteiger charge is 2.13. The Kier molecular flexibility index (Phi) is 3.29. The van der Waals surface area contributed by atoms with E-state index < -0.39 is 5.82 Å². The summed E-state index contributed by atoms with van der Waals surface area (Å²) in [6.07, 6.45) is -0.0355. The van der Waals surface area contributed by atoms with E-state index in [1.54, 1.807) is 6.07 Å². The molecule has 0 radical (unpaired) electrons. The number of hydrogen-bond donors (Lipinski definition) is 0. The van der Waals surface area contributed by atoms with Crippen molar-refractivity contribution in [3.8, 4) is 17.6 Å². The van der Waals surface area contributed by atoms with Gasteiger partial charge < -0.3 is 9.47 Å². The van der Waals surface area contributed by atoms with Crippen molar-refractivity contribution in [1.82, 2.24) is 0 Å². The molecule has 1 rings (SSSR count). The van der Waals surface area contributed by atoms with Gasteiger partial charge in [-0.1, -0.05) is 0 Å².